The van der Waals surface area contributed by atoms with Crippen molar-refractivity contribution in [2.45, 2.75) is 20.4 Å². The van der Waals surface area contributed by atoms with E-state index in [0.29, 0.717) is 22.7 Å². The molecular weight excluding hydrogens is 344 g/mol. The fourth-order valence-corrected chi connectivity index (χ4v) is 3.30. The molecule has 0 radical (unpaired) electrons. The van der Waals surface area contributed by atoms with Crippen molar-refractivity contribution in [3.8, 4) is 22.6 Å². The Kier molecular flexibility index (Phi) is 3.27. The maximum Gasteiger partial charge on any atom is 0.273 e. The quantitative estimate of drug-likeness (QED) is 0.534. The Morgan fingerprint density at radius 2 is 2.11 bits per heavy atom. The fourth-order valence-electron chi connectivity index (χ4n) is 3.30. The number of aromatic amines is 1. The van der Waals surface area contributed by atoms with Gasteiger partial charge in [0.25, 0.3) is 5.56 Å². The molecule has 0 fully saturated rings. The van der Waals surface area contributed by atoms with E-state index in [-0.39, 0.29) is 5.56 Å². The Balaban J connectivity index is 1.70. The van der Waals surface area contributed by atoms with Crippen LogP contribution in [0.15, 0.2) is 52.0 Å². The summed E-state index contributed by atoms with van der Waals surface area (Å²) < 4.78 is 8.66. The van der Waals surface area contributed by atoms with Crippen molar-refractivity contribution in [2.24, 2.45) is 0 Å². The van der Waals surface area contributed by atoms with Gasteiger partial charge in [0.15, 0.2) is 11.4 Å². The summed E-state index contributed by atoms with van der Waals surface area (Å²) >= 11 is 0. The number of H-pyrrole nitrogens is 1. The number of benzene rings is 1. The first kappa shape index (κ1) is 15.6. The summed E-state index contributed by atoms with van der Waals surface area (Å²) in [6.45, 7) is 4.70. The van der Waals surface area contributed by atoms with Crippen molar-refractivity contribution >= 4 is 16.6 Å². The van der Waals surface area contributed by atoms with Gasteiger partial charge in [-0.25, -0.2) is 9.50 Å². The maximum atomic E-state index is 12.6. The Hall–Kier alpha value is -3.68. The van der Waals surface area contributed by atoms with E-state index in [9.17, 15) is 4.79 Å². The van der Waals surface area contributed by atoms with E-state index in [2.05, 4.69) is 22.3 Å². The van der Waals surface area contributed by atoms with Gasteiger partial charge in [0.1, 0.15) is 0 Å². The zero-order valence-electron chi connectivity index (χ0n) is 14.8. The highest BCUT2D eigenvalue weighted by atomic mass is 16.5. The van der Waals surface area contributed by atoms with Crippen LogP contribution in [-0.2, 0) is 6.54 Å². The number of aromatic nitrogens is 6. The molecule has 0 aliphatic rings. The molecule has 0 saturated heterocycles. The van der Waals surface area contributed by atoms with E-state index >= 15 is 0 Å². The van der Waals surface area contributed by atoms with E-state index in [0.717, 1.165) is 28.7 Å². The van der Waals surface area contributed by atoms with Gasteiger partial charge in [-0.15, -0.1) is 0 Å². The minimum Gasteiger partial charge on any atom is -0.356 e. The van der Waals surface area contributed by atoms with Gasteiger partial charge in [0.2, 0.25) is 0 Å². The topological polar surface area (TPSA) is 94.0 Å². The van der Waals surface area contributed by atoms with Crippen LogP contribution >= 0.6 is 0 Å². The van der Waals surface area contributed by atoms with Crippen molar-refractivity contribution in [3.05, 3.63) is 58.8 Å². The van der Waals surface area contributed by atoms with Crippen molar-refractivity contribution in [1.82, 2.24) is 29.5 Å². The second-order valence-electron chi connectivity index (χ2n) is 6.39. The molecule has 4 aromatic heterocycles. The third kappa shape index (κ3) is 2.37. The van der Waals surface area contributed by atoms with E-state index in [1.54, 1.807) is 6.20 Å². The normalized spacial score (nSPS) is 11.6. The zero-order valence-corrected chi connectivity index (χ0v) is 14.8. The number of nitrogens with one attached hydrogen (secondary N) is 1. The second kappa shape index (κ2) is 5.66. The molecule has 0 saturated carbocycles. The van der Waals surface area contributed by atoms with Crippen molar-refractivity contribution in [3.63, 3.8) is 0 Å². The van der Waals surface area contributed by atoms with Crippen LogP contribution in [-0.4, -0.2) is 29.5 Å². The molecule has 1 aromatic carbocycles. The van der Waals surface area contributed by atoms with Crippen LogP contribution in [0.4, 0.5) is 0 Å². The number of aryl methyl sites for hydroxylation is 2. The van der Waals surface area contributed by atoms with Crippen molar-refractivity contribution in [1.29, 1.82) is 0 Å². The lowest BCUT2D eigenvalue weighted by atomic mass is 10.1. The van der Waals surface area contributed by atoms with Gasteiger partial charge in [-0.2, -0.15) is 5.10 Å². The largest absolute Gasteiger partial charge is 0.356 e. The monoisotopic (exact) mass is 360 g/mol. The van der Waals surface area contributed by atoms with E-state index < -0.39 is 0 Å². The van der Waals surface area contributed by atoms with Gasteiger partial charge in [0.05, 0.1) is 28.7 Å². The standard InChI is InChI=1S/C19H16N6O2/c1-3-24-16-5-4-12(7-13(16)9-20-24)15-8-18(26)25-19(22-15)14(10-21-25)17-6-11(2)23-27-17/h4-10,21H,3H2,1-2H3. The number of rotatable bonds is 3. The average Bonchev–Trinajstić information content (AvgIpc) is 3.38. The highest BCUT2D eigenvalue weighted by molar-refractivity contribution is 5.84. The fraction of sp³-hybridized carbons (Fsp3) is 0.158. The van der Waals surface area contributed by atoms with Crippen molar-refractivity contribution in [2.75, 3.05) is 0 Å². The summed E-state index contributed by atoms with van der Waals surface area (Å²) in [7, 11) is 0. The van der Waals surface area contributed by atoms with E-state index in [1.165, 1.54) is 10.6 Å². The predicted octanol–water partition coefficient (Wildman–Crippen LogP) is 3.02. The molecule has 5 rings (SSSR count). The first-order valence-corrected chi connectivity index (χ1v) is 8.65. The lowest BCUT2D eigenvalue weighted by molar-refractivity contribution is 0.427. The molecule has 8 heteroatoms. The van der Waals surface area contributed by atoms with E-state index in [1.807, 2.05) is 42.1 Å². The Morgan fingerprint density at radius 1 is 1.22 bits per heavy atom. The van der Waals surface area contributed by atoms with Crippen LogP contribution in [0.2, 0.25) is 0 Å². The third-order valence-electron chi connectivity index (χ3n) is 4.63. The molecular formula is C19H16N6O2. The van der Waals surface area contributed by atoms with Crippen LogP contribution in [0.1, 0.15) is 12.6 Å². The molecule has 0 aliphatic carbocycles. The number of hydrogen-bond acceptors (Lipinski definition) is 5. The molecule has 1 N–H and O–H groups in total. The number of nitrogens with zero attached hydrogens (tertiary/aromatic N) is 5. The smallest absolute Gasteiger partial charge is 0.273 e. The SMILES string of the molecule is CCn1ncc2cc(-c3cc(=O)n4[nH]cc(-c5cc(C)no5)c4n3)ccc21. The van der Waals surface area contributed by atoms with Gasteiger partial charge in [-0.1, -0.05) is 11.2 Å². The van der Waals surface area contributed by atoms with Crippen LogP contribution < -0.4 is 5.56 Å². The number of fused-ring (bicyclic) bond motifs is 2. The lowest BCUT2D eigenvalue weighted by Gasteiger charge is -2.04. The van der Waals surface area contributed by atoms with Gasteiger partial charge in [-0.05, 0) is 26.0 Å². The molecule has 134 valence electrons. The highest BCUT2D eigenvalue weighted by Crippen LogP contribution is 2.26. The van der Waals surface area contributed by atoms with E-state index in [4.69, 9.17) is 9.51 Å². The van der Waals surface area contributed by atoms with Gasteiger partial charge >= 0.3 is 0 Å². The zero-order chi connectivity index (χ0) is 18.5. The molecule has 0 atom stereocenters. The first-order valence-electron chi connectivity index (χ1n) is 8.65. The van der Waals surface area contributed by atoms with Crippen molar-refractivity contribution < 1.29 is 4.52 Å². The molecule has 0 bridgehead atoms. The van der Waals surface area contributed by atoms with Crippen LogP contribution in [0, 0.1) is 6.92 Å². The molecule has 8 nitrogen and oxygen atoms in total. The average molecular weight is 360 g/mol. The Bertz CT molecular complexity index is 1350. The molecule has 0 spiro atoms. The number of hydrogen-bond donors (Lipinski definition) is 1. The molecule has 0 amide bonds. The predicted molar refractivity (Wildman–Crippen MR) is 100 cm³/mol. The summed E-state index contributed by atoms with van der Waals surface area (Å²) in [5, 5.41) is 12.2. The molecule has 4 heterocycles. The summed E-state index contributed by atoms with van der Waals surface area (Å²) in [6, 6.07) is 9.29. The highest BCUT2D eigenvalue weighted by Gasteiger charge is 2.15. The maximum absolute atomic E-state index is 12.6. The first-order chi connectivity index (χ1) is 13.1. The van der Waals surface area contributed by atoms with Crippen LogP contribution in [0.25, 0.3) is 39.1 Å². The van der Waals surface area contributed by atoms with Crippen LogP contribution in [0.3, 0.4) is 0 Å². The van der Waals surface area contributed by atoms with Gasteiger partial charge in [0, 0.05) is 35.8 Å². The summed E-state index contributed by atoms with van der Waals surface area (Å²) in [5.74, 6) is 0.565. The van der Waals surface area contributed by atoms with Gasteiger partial charge < -0.3 is 4.52 Å². The summed E-state index contributed by atoms with van der Waals surface area (Å²) in [5.41, 5.74) is 4.27. The Morgan fingerprint density at radius 3 is 2.89 bits per heavy atom. The van der Waals surface area contributed by atoms with Crippen LogP contribution in [0.5, 0.6) is 0 Å². The lowest BCUT2D eigenvalue weighted by Crippen LogP contribution is -2.14. The minimum atomic E-state index is -0.193. The third-order valence-corrected chi connectivity index (χ3v) is 4.63. The molecule has 27 heavy (non-hydrogen) atoms. The molecule has 0 aliphatic heterocycles. The van der Waals surface area contributed by atoms with Gasteiger partial charge in [-0.3, -0.25) is 14.6 Å². The minimum absolute atomic E-state index is 0.193. The Labute approximate surface area is 153 Å². The summed E-state index contributed by atoms with van der Waals surface area (Å²) in [4.78, 5) is 17.3. The summed E-state index contributed by atoms with van der Waals surface area (Å²) in [6.07, 6.45) is 3.52. The second-order valence-corrected chi connectivity index (χ2v) is 6.39. The molecule has 0 unspecified atom stereocenters. The molecule has 5 aromatic rings.